The van der Waals surface area contributed by atoms with E-state index in [1.807, 2.05) is 0 Å². The fraction of sp³-hybridized carbons (Fsp3) is 0.444. The summed E-state index contributed by atoms with van der Waals surface area (Å²) in [4.78, 5) is 3.84. The first-order valence-electron chi connectivity index (χ1n) is 4.19. The number of rotatable bonds is 1. The number of nitrogen functional groups attached to an aromatic ring is 1. The number of hydrogen-bond donors (Lipinski definition) is 1. The topological polar surface area (TPSA) is 38.9 Å². The third-order valence-electron chi connectivity index (χ3n) is 2.03. The molecule has 0 aliphatic heterocycles. The van der Waals surface area contributed by atoms with Crippen molar-refractivity contribution in [2.45, 2.75) is 26.4 Å². The molecule has 1 aromatic rings. The zero-order valence-corrected chi connectivity index (χ0v) is 7.94. The Morgan fingerprint density at radius 2 is 2.00 bits per heavy atom. The molecule has 0 fully saturated rings. The number of aryl methyl sites for hydroxylation is 1. The molecule has 2 nitrogen and oxygen atoms in total. The summed E-state index contributed by atoms with van der Waals surface area (Å²) in [7, 11) is 0. The van der Waals surface area contributed by atoms with Crippen molar-refractivity contribution in [1.29, 1.82) is 0 Å². The van der Waals surface area contributed by atoms with E-state index in [9.17, 15) is 13.2 Å². The molecule has 0 aliphatic carbocycles. The summed E-state index contributed by atoms with van der Waals surface area (Å²) in [6.07, 6.45) is -3.91. The first kappa shape index (κ1) is 10.8. The first-order chi connectivity index (χ1) is 6.36. The van der Waals surface area contributed by atoms with Crippen LogP contribution in [0.3, 0.4) is 0 Å². The van der Waals surface area contributed by atoms with Crippen LogP contribution < -0.4 is 5.73 Å². The van der Waals surface area contributed by atoms with E-state index in [0.717, 1.165) is 6.07 Å². The summed E-state index contributed by atoms with van der Waals surface area (Å²) in [6, 6.07) is 0.870. The van der Waals surface area contributed by atoms with Crippen molar-refractivity contribution in [3.05, 3.63) is 22.9 Å². The van der Waals surface area contributed by atoms with Crippen molar-refractivity contribution < 1.29 is 13.2 Å². The molecule has 0 bridgehead atoms. The highest BCUT2D eigenvalue weighted by molar-refractivity contribution is 5.42. The zero-order chi connectivity index (χ0) is 10.9. The van der Waals surface area contributed by atoms with Crippen LogP contribution in [0, 0.1) is 6.92 Å². The molecule has 0 atom stereocenters. The minimum Gasteiger partial charge on any atom is -0.384 e. The molecule has 0 unspecified atom stereocenters. The lowest BCUT2D eigenvalue weighted by atomic mass is 10.1. The number of alkyl halides is 3. The lowest BCUT2D eigenvalue weighted by Gasteiger charge is -2.13. The molecule has 0 aliphatic rings. The van der Waals surface area contributed by atoms with Crippen LogP contribution in [0.5, 0.6) is 0 Å². The van der Waals surface area contributed by atoms with Gasteiger partial charge in [0.15, 0.2) is 0 Å². The molecule has 0 spiro atoms. The van der Waals surface area contributed by atoms with Crippen LogP contribution in [0.15, 0.2) is 6.07 Å². The highest BCUT2D eigenvalue weighted by Gasteiger charge is 2.33. The summed E-state index contributed by atoms with van der Waals surface area (Å²) >= 11 is 0. The monoisotopic (exact) mass is 204 g/mol. The smallest absolute Gasteiger partial charge is 0.384 e. The minimum atomic E-state index is -4.36. The quantitative estimate of drug-likeness (QED) is 0.763. The van der Waals surface area contributed by atoms with Gasteiger partial charge in [0.25, 0.3) is 0 Å². The zero-order valence-electron chi connectivity index (χ0n) is 7.94. The van der Waals surface area contributed by atoms with Crippen LogP contribution in [-0.2, 0) is 12.6 Å². The van der Waals surface area contributed by atoms with Crippen LogP contribution in [0.1, 0.15) is 23.7 Å². The molecular formula is C9H11F3N2. The van der Waals surface area contributed by atoms with Gasteiger partial charge in [0.1, 0.15) is 5.82 Å². The molecule has 0 aromatic carbocycles. The predicted octanol–water partition coefficient (Wildman–Crippen LogP) is 2.55. The molecule has 2 N–H and O–H groups in total. The third kappa shape index (κ3) is 1.97. The van der Waals surface area contributed by atoms with Crippen molar-refractivity contribution in [3.8, 4) is 0 Å². The Labute approximate surface area is 79.9 Å². The predicted molar refractivity (Wildman–Crippen MR) is 47.8 cm³/mol. The van der Waals surface area contributed by atoms with Gasteiger partial charge < -0.3 is 5.73 Å². The minimum absolute atomic E-state index is 0.0835. The average Bonchev–Trinajstić information content (AvgIpc) is 2.06. The maximum atomic E-state index is 12.5. The van der Waals surface area contributed by atoms with Gasteiger partial charge in [0, 0.05) is 5.69 Å². The van der Waals surface area contributed by atoms with Crippen LogP contribution in [-0.4, -0.2) is 4.98 Å². The van der Waals surface area contributed by atoms with Crippen LogP contribution >= 0.6 is 0 Å². The van der Waals surface area contributed by atoms with Gasteiger partial charge in [-0.3, -0.25) is 0 Å². The maximum absolute atomic E-state index is 12.5. The van der Waals surface area contributed by atoms with Gasteiger partial charge in [-0.1, -0.05) is 6.92 Å². The van der Waals surface area contributed by atoms with Gasteiger partial charge >= 0.3 is 6.18 Å². The Balaban J connectivity index is 3.37. The Hall–Kier alpha value is -1.26. The van der Waals surface area contributed by atoms with E-state index in [4.69, 9.17) is 5.73 Å². The lowest BCUT2D eigenvalue weighted by molar-refractivity contribution is -0.138. The van der Waals surface area contributed by atoms with Crippen molar-refractivity contribution in [1.82, 2.24) is 4.98 Å². The molecule has 0 saturated carbocycles. The molecule has 1 rings (SSSR count). The average molecular weight is 204 g/mol. The maximum Gasteiger partial charge on any atom is 0.416 e. The van der Waals surface area contributed by atoms with Crippen molar-refractivity contribution in [2.24, 2.45) is 0 Å². The lowest BCUT2D eigenvalue weighted by Crippen LogP contribution is -2.11. The molecular weight excluding hydrogens is 193 g/mol. The van der Waals surface area contributed by atoms with E-state index in [0.29, 0.717) is 12.1 Å². The molecule has 0 radical (unpaired) electrons. The Morgan fingerprint density at radius 1 is 1.43 bits per heavy atom. The number of halogens is 3. The summed E-state index contributed by atoms with van der Waals surface area (Å²) in [5.74, 6) is -0.0835. The number of hydrogen-bond acceptors (Lipinski definition) is 2. The van der Waals surface area contributed by atoms with Crippen LogP contribution in [0.2, 0.25) is 0 Å². The summed E-state index contributed by atoms with van der Waals surface area (Å²) < 4.78 is 37.4. The van der Waals surface area contributed by atoms with Gasteiger partial charge in [-0.2, -0.15) is 13.2 Å². The van der Waals surface area contributed by atoms with Crippen molar-refractivity contribution in [2.75, 3.05) is 5.73 Å². The highest BCUT2D eigenvalue weighted by atomic mass is 19.4. The molecule has 5 heteroatoms. The second-order valence-electron chi connectivity index (χ2n) is 3.02. The van der Waals surface area contributed by atoms with Crippen molar-refractivity contribution in [3.63, 3.8) is 0 Å². The second-order valence-corrected chi connectivity index (χ2v) is 3.02. The van der Waals surface area contributed by atoms with Crippen molar-refractivity contribution >= 4 is 5.82 Å². The first-order valence-corrected chi connectivity index (χ1v) is 4.19. The number of nitrogens with two attached hydrogens (primary N) is 1. The number of aromatic nitrogens is 1. The molecule has 1 heterocycles. The van der Waals surface area contributed by atoms with E-state index >= 15 is 0 Å². The summed E-state index contributed by atoms with van der Waals surface area (Å²) in [6.45, 7) is 3.16. The van der Waals surface area contributed by atoms with Gasteiger partial charge in [0.2, 0.25) is 0 Å². The molecule has 1 aromatic heterocycles. The van der Waals surface area contributed by atoms with Gasteiger partial charge in [-0.05, 0) is 25.0 Å². The Morgan fingerprint density at radius 3 is 2.43 bits per heavy atom. The molecule has 14 heavy (non-hydrogen) atoms. The summed E-state index contributed by atoms with van der Waals surface area (Å²) in [5.41, 5.74) is 5.16. The van der Waals surface area contributed by atoms with E-state index in [1.165, 1.54) is 6.92 Å². The SMILES string of the molecule is CCc1nc(N)cc(C(F)(F)F)c1C. The number of anilines is 1. The van der Waals surface area contributed by atoms with Crippen LogP contribution in [0.4, 0.5) is 19.0 Å². The van der Waals surface area contributed by atoms with E-state index < -0.39 is 11.7 Å². The normalized spacial score (nSPS) is 11.8. The van der Waals surface area contributed by atoms with Crippen LogP contribution in [0.25, 0.3) is 0 Å². The summed E-state index contributed by atoms with van der Waals surface area (Å²) in [5, 5.41) is 0. The fourth-order valence-corrected chi connectivity index (χ4v) is 1.32. The molecule has 78 valence electrons. The standard InChI is InChI=1S/C9H11F3N2/c1-3-7-5(2)6(9(10,11)12)4-8(13)14-7/h4H,3H2,1-2H3,(H2,13,14). The molecule has 0 saturated heterocycles. The van der Waals surface area contributed by atoms with Gasteiger partial charge in [-0.25, -0.2) is 4.98 Å². The van der Waals surface area contributed by atoms with E-state index in [1.54, 1.807) is 6.92 Å². The molecule has 0 amide bonds. The largest absolute Gasteiger partial charge is 0.416 e. The number of nitrogens with zero attached hydrogens (tertiary/aromatic N) is 1. The van der Waals surface area contributed by atoms with Gasteiger partial charge in [0.05, 0.1) is 5.56 Å². The second kappa shape index (κ2) is 3.48. The fourth-order valence-electron chi connectivity index (χ4n) is 1.32. The van der Waals surface area contributed by atoms with E-state index in [-0.39, 0.29) is 11.4 Å². The Bertz CT molecular complexity index is 345. The highest BCUT2D eigenvalue weighted by Crippen LogP contribution is 2.33. The number of pyridine rings is 1. The Kier molecular flexibility index (Phi) is 2.69. The third-order valence-corrected chi connectivity index (χ3v) is 2.03. The van der Waals surface area contributed by atoms with Gasteiger partial charge in [-0.15, -0.1) is 0 Å². The van der Waals surface area contributed by atoms with E-state index in [2.05, 4.69) is 4.98 Å².